The summed E-state index contributed by atoms with van der Waals surface area (Å²) in [7, 11) is 0. The number of halogens is 2. The van der Waals surface area contributed by atoms with Crippen molar-refractivity contribution < 1.29 is 4.79 Å². The topological polar surface area (TPSA) is 34.4 Å². The van der Waals surface area contributed by atoms with Gasteiger partial charge in [-0.25, -0.2) is 4.98 Å². The lowest BCUT2D eigenvalue weighted by atomic mass is 10.1. The fourth-order valence-electron chi connectivity index (χ4n) is 1.84. The fraction of sp³-hybridized carbons (Fsp3) is 0.0769. The average molecular weight is 356 g/mol. The number of imidazole rings is 1. The highest BCUT2D eigenvalue weighted by Crippen LogP contribution is 2.23. The van der Waals surface area contributed by atoms with Gasteiger partial charge in [-0.2, -0.15) is 0 Å². The molecule has 3 aromatic rings. The minimum Gasteiger partial charge on any atom is -0.297 e. The molecule has 0 amide bonds. The molecule has 96 valence electrons. The van der Waals surface area contributed by atoms with E-state index in [4.69, 9.17) is 11.6 Å². The van der Waals surface area contributed by atoms with E-state index in [2.05, 4.69) is 20.9 Å². The summed E-state index contributed by atoms with van der Waals surface area (Å²) in [6.07, 6.45) is 4.10. The number of aromatic nitrogens is 2. The Morgan fingerprint density at radius 3 is 3.05 bits per heavy atom. The molecule has 0 N–H and O–H groups in total. The van der Waals surface area contributed by atoms with Crippen LogP contribution in [0.5, 0.6) is 0 Å². The Hall–Kier alpha value is -1.17. The highest BCUT2D eigenvalue weighted by molar-refractivity contribution is 9.10. The summed E-state index contributed by atoms with van der Waals surface area (Å²) in [4.78, 5) is 17.5. The molecule has 0 aliphatic heterocycles. The summed E-state index contributed by atoms with van der Waals surface area (Å²) >= 11 is 10.8. The third-order valence-corrected chi connectivity index (χ3v) is 4.38. The molecule has 3 nitrogen and oxygen atoms in total. The van der Waals surface area contributed by atoms with Crippen molar-refractivity contribution in [3.05, 3.63) is 56.7 Å². The zero-order valence-corrected chi connectivity index (χ0v) is 12.8. The zero-order chi connectivity index (χ0) is 13.4. The van der Waals surface area contributed by atoms with Crippen LogP contribution in [0.1, 0.15) is 16.1 Å². The molecule has 0 unspecified atom stereocenters. The van der Waals surface area contributed by atoms with Gasteiger partial charge in [-0.15, -0.1) is 11.3 Å². The van der Waals surface area contributed by atoms with E-state index in [9.17, 15) is 4.79 Å². The first kappa shape index (κ1) is 12.8. The molecule has 19 heavy (non-hydrogen) atoms. The lowest BCUT2D eigenvalue weighted by Crippen LogP contribution is -2.04. The summed E-state index contributed by atoms with van der Waals surface area (Å²) in [5.41, 5.74) is 1.40. The molecule has 0 saturated heterocycles. The lowest BCUT2D eigenvalue weighted by molar-refractivity contribution is 0.0991. The molecular weight excluding hydrogens is 348 g/mol. The van der Waals surface area contributed by atoms with E-state index in [1.165, 1.54) is 0 Å². The third kappa shape index (κ3) is 2.59. The van der Waals surface area contributed by atoms with Gasteiger partial charge in [-0.1, -0.05) is 11.6 Å². The number of nitrogens with zero attached hydrogens (tertiary/aromatic N) is 2. The number of thiazole rings is 1. The normalized spacial score (nSPS) is 11.1. The van der Waals surface area contributed by atoms with E-state index in [1.54, 1.807) is 29.5 Å². The molecule has 0 aliphatic carbocycles. The van der Waals surface area contributed by atoms with Crippen molar-refractivity contribution in [1.29, 1.82) is 0 Å². The molecule has 0 radical (unpaired) electrons. The van der Waals surface area contributed by atoms with Gasteiger partial charge in [0, 0.05) is 32.8 Å². The van der Waals surface area contributed by atoms with E-state index in [0.29, 0.717) is 15.1 Å². The standard InChI is InChI=1S/C13H8BrClN2OS/c14-11-5-8(15)1-2-10(11)12(18)6-9-7-17-3-4-19-13(17)16-9/h1-5,7H,6H2. The quantitative estimate of drug-likeness (QED) is 0.659. The molecule has 0 saturated carbocycles. The largest absolute Gasteiger partial charge is 0.297 e. The zero-order valence-electron chi connectivity index (χ0n) is 9.64. The lowest BCUT2D eigenvalue weighted by Gasteiger charge is -2.02. The Bertz CT molecular complexity index is 736. The maximum absolute atomic E-state index is 12.2. The number of rotatable bonds is 3. The summed E-state index contributed by atoms with van der Waals surface area (Å²) in [5.74, 6) is 0.0225. The van der Waals surface area contributed by atoms with Gasteiger partial charge in [0.2, 0.25) is 0 Å². The predicted octanol–water partition coefficient (Wildman–Crippen LogP) is 4.24. The summed E-state index contributed by atoms with van der Waals surface area (Å²) in [6, 6.07) is 5.17. The molecule has 2 heterocycles. The molecule has 3 rings (SSSR count). The van der Waals surface area contributed by atoms with Crippen LogP contribution in [0.15, 0.2) is 40.4 Å². The molecule has 0 atom stereocenters. The van der Waals surface area contributed by atoms with E-state index >= 15 is 0 Å². The van der Waals surface area contributed by atoms with Crippen molar-refractivity contribution in [2.24, 2.45) is 0 Å². The highest BCUT2D eigenvalue weighted by atomic mass is 79.9. The van der Waals surface area contributed by atoms with Crippen molar-refractivity contribution in [2.45, 2.75) is 6.42 Å². The fourth-order valence-corrected chi connectivity index (χ4v) is 3.46. The predicted molar refractivity (Wildman–Crippen MR) is 80.3 cm³/mol. The van der Waals surface area contributed by atoms with Gasteiger partial charge in [0.05, 0.1) is 12.1 Å². The van der Waals surface area contributed by atoms with Crippen molar-refractivity contribution >= 4 is 49.6 Å². The molecule has 0 fully saturated rings. The van der Waals surface area contributed by atoms with Crippen LogP contribution < -0.4 is 0 Å². The Kier molecular flexibility index (Phi) is 3.43. The number of ketones is 1. The minimum atomic E-state index is 0.0225. The Labute approximate surface area is 127 Å². The SMILES string of the molecule is O=C(Cc1cn2ccsc2n1)c1ccc(Cl)cc1Br. The Morgan fingerprint density at radius 2 is 2.32 bits per heavy atom. The molecule has 0 bridgehead atoms. The molecule has 0 spiro atoms. The minimum absolute atomic E-state index is 0.0225. The number of fused-ring (bicyclic) bond motifs is 1. The average Bonchev–Trinajstić information content (AvgIpc) is 2.89. The molecule has 0 aliphatic rings. The maximum atomic E-state index is 12.2. The smallest absolute Gasteiger partial charge is 0.193 e. The summed E-state index contributed by atoms with van der Waals surface area (Å²) in [5, 5.41) is 2.56. The van der Waals surface area contributed by atoms with Crippen molar-refractivity contribution in [3.8, 4) is 0 Å². The van der Waals surface area contributed by atoms with Crippen LogP contribution in [0.3, 0.4) is 0 Å². The second-order valence-electron chi connectivity index (χ2n) is 4.05. The summed E-state index contributed by atoms with van der Waals surface area (Å²) < 4.78 is 2.63. The first-order valence-corrected chi connectivity index (χ1v) is 7.58. The van der Waals surface area contributed by atoms with Gasteiger partial charge in [0.1, 0.15) is 0 Å². The number of benzene rings is 1. The maximum Gasteiger partial charge on any atom is 0.193 e. The second kappa shape index (κ2) is 5.07. The molecule has 1 aromatic carbocycles. The van der Waals surface area contributed by atoms with Gasteiger partial charge in [0.15, 0.2) is 10.7 Å². The first-order chi connectivity index (χ1) is 9.13. The van der Waals surface area contributed by atoms with Crippen LogP contribution in [0.2, 0.25) is 5.02 Å². The number of hydrogen-bond acceptors (Lipinski definition) is 3. The van der Waals surface area contributed by atoms with Gasteiger partial charge in [0.25, 0.3) is 0 Å². The summed E-state index contributed by atoms with van der Waals surface area (Å²) in [6.45, 7) is 0. The van der Waals surface area contributed by atoms with Gasteiger partial charge < -0.3 is 0 Å². The Balaban J connectivity index is 1.86. The van der Waals surface area contributed by atoms with Gasteiger partial charge >= 0.3 is 0 Å². The van der Waals surface area contributed by atoms with Crippen molar-refractivity contribution in [1.82, 2.24) is 9.38 Å². The number of carbonyl (C=O) groups is 1. The molecular formula is C13H8BrClN2OS. The Morgan fingerprint density at radius 1 is 1.47 bits per heavy atom. The monoisotopic (exact) mass is 354 g/mol. The van der Waals surface area contributed by atoms with E-state index in [0.717, 1.165) is 10.7 Å². The van der Waals surface area contributed by atoms with Crippen LogP contribution in [-0.2, 0) is 6.42 Å². The van der Waals surface area contributed by atoms with Crippen molar-refractivity contribution in [3.63, 3.8) is 0 Å². The van der Waals surface area contributed by atoms with Crippen LogP contribution >= 0.6 is 38.9 Å². The van der Waals surface area contributed by atoms with Gasteiger partial charge in [-0.3, -0.25) is 9.20 Å². The van der Waals surface area contributed by atoms with E-state index in [-0.39, 0.29) is 12.2 Å². The van der Waals surface area contributed by atoms with E-state index in [1.807, 2.05) is 22.2 Å². The molecule has 6 heteroatoms. The number of Topliss-reactive ketones (excluding diaryl/α,β-unsaturated/α-hetero) is 1. The van der Waals surface area contributed by atoms with Crippen LogP contribution in [0.4, 0.5) is 0 Å². The van der Waals surface area contributed by atoms with Crippen LogP contribution in [0, 0.1) is 0 Å². The second-order valence-corrected chi connectivity index (χ2v) is 6.21. The van der Waals surface area contributed by atoms with Gasteiger partial charge in [-0.05, 0) is 34.1 Å². The number of carbonyl (C=O) groups excluding carboxylic acids is 1. The molecule has 2 aromatic heterocycles. The number of hydrogen-bond donors (Lipinski definition) is 0. The van der Waals surface area contributed by atoms with Crippen LogP contribution in [-0.4, -0.2) is 15.2 Å². The first-order valence-electron chi connectivity index (χ1n) is 5.53. The van der Waals surface area contributed by atoms with Crippen LogP contribution in [0.25, 0.3) is 4.96 Å². The highest BCUT2D eigenvalue weighted by Gasteiger charge is 2.13. The van der Waals surface area contributed by atoms with E-state index < -0.39 is 0 Å². The third-order valence-electron chi connectivity index (χ3n) is 2.72. The van der Waals surface area contributed by atoms with Crippen molar-refractivity contribution in [2.75, 3.05) is 0 Å².